The third kappa shape index (κ3) is 4.07. The lowest BCUT2D eigenvalue weighted by atomic mass is 10.3. The van der Waals surface area contributed by atoms with Gasteiger partial charge in [-0.2, -0.15) is 5.10 Å². The highest BCUT2D eigenvalue weighted by Gasteiger charge is 2.12. The van der Waals surface area contributed by atoms with Gasteiger partial charge in [0.2, 0.25) is 0 Å². The van der Waals surface area contributed by atoms with Crippen molar-refractivity contribution >= 4 is 11.6 Å². The molecule has 0 aliphatic heterocycles. The average Bonchev–Trinajstić information content (AvgIpc) is 3.27. The first kappa shape index (κ1) is 17.2. The summed E-state index contributed by atoms with van der Waals surface area (Å²) in [5, 5.41) is 17.4. The topological polar surface area (TPSA) is 112 Å². The number of hydrogen-bond acceptors (Lipinski definition) is 6. The van der Waals surface area contributed by atoms with E-state index in [4.69, 9.17) is 9.15 Å². The minimum Gasteiger partial charge on any atom is -0.486 e. The highest BCUT2D eigenvalue weighted by atomic mass is 16.6. The van der Waals surface area contributed by atoms with Gasteiger partial charge in [-0.25, -0.2) is 0 Å². The molecule has 2 heterocycles. The molecule has 1 N–H and O–H groups in total. The number of nitrogens with zero attached hydrogens (tertiary/aromatic N) is 3. The van der Waals surface area contributed by atoms with Gasteiger partial charge in [0, 0.05) is 25.4 Å². The van der Waals surface area contributed by atoms with E-state index in [0.29, 0.717) is 18.1 Å². The molecule has 3 rings (SSSR count). The molecule has 0 atom stereocenters. The van der Waals surface area contributed by atoms with Crippen LogP contribution in [0.4, 0.5) is 5.69 Å². The Bertz CT molecular complexity index is 913. The Balaban J connectivity index is 1.53. The zero-order valence-electron chi connectivity index (χ0n) is 13.9. The summed E-state index contributed by atoms with van der Waals surface area (Å²) in [6.07, 6.45) is 1.65. The van der Waals surface area contributed by atoms with Crippen LogP contribution < -0.4 is 10.1 Å². The molecular formula is C17H16N4O5. The van der Waals surface area contributed by atoms with Gasteiger partial charge in [-0.1, -0.05) is 0 Å². The monoisotopic (exact) mass is 356 g/mol. The van der Waals surface area contributed by atoms with Crippen molar-refractivity contribution in [3.8, 4) is 5.75 Å². The molecule has 26 heavy (non-hydrogen) atoms. The number of furan rings is 1. The summed E-state index contributed by atoms with van der Waals surface area (Å²) in [5.41, 5.74) is 0.856. The molecule has 0 spiro atoms. The molecule has 9 heteroatoms. The standard InChI is InChI=1S/C17H16N4O5/c1-20-13(8-9-19-20)10-18-17(22)16-7-6-15(26-16)11-25-14-4-2-12(3-5-14)21(23)24/h2-9H,10-11H2,1H3,(H,18,22). The van der Waals surface area contributed by atoms with E-state index >= 15 is 0 Å². The van der Waals surface area contributed by atoms with Gasteiger partial charge in [0.1, 0.15) is 18.1 Å². The van der Waals surface area contributed by atoms with Crippen molar-refractivity contribution in [3.05, 3.63) is 76.0 Å². The fourth-order valence-electron chi connectivity index (χ4n) is 2.23. The van der Waals surface area contributed by atoms with Crippen molar-refractivity contribution in [2.45, 2.75) is 13.2 Å². The van der Waals surface area contributed by atoms with E-state index in [1.165, 1.54) is 24.3 Å². The van der Waals surface area contributed by atoms with E-state index in [2.05, 4.69) is 10.4 Å². The van der Waals surface area contributed by atoms with Crippen molar-refractivity contribution in [3.63, 3.8) is 0 Å². The van der Waals surface area contributed by atoms with E-state index in [9.17, 15) is 14.9 Å². The van der Waals surface area contributed by atoms with Crippen molar-refractivity contribution in [2.24, 2.45) is 7.05 Å². The van der Waals surface area contributed by atoms with Gasteiger partial charge in [0.25, 0.3) is 11.6 Å². The van der Waals surface area contributed by atoms with Crippen LogP contribution in [0.2, 0.25) is 0 Å². The Morgan fingerprint density at radius 1 is 1.27 bits per heavy atom. The van der Waals surface area contributed by atoms with Crippen LogP contribution in [0.25, 0.3) is 0 Å². The third-order valence-electron chi connectivity index (χ3n) is 3.67. The molecule has 0 radical (unpaired) electrons. The van der Waals surface area contributed by atoms with Crippen LogP contribution >= 0.6 is 0 Å². The fraction of sp³-hybridized carbons (Fsp3) is 0.176. The summed E-state index contributed by atoms with van der Waals surface area (Å²) in [7, 11) is 1.79. The number of amides is 1. The number of nitrogens with one attached hydrogen (secondary N) is 1. The highest BCUT2D eigenvalue weighted by Crippen LogP contribution is 2.19. The zero-order chi connectivity index (χ0) is 18.5. The normalized spacial score (nSPS) is 10.5. The van der Waals surface area contributed by atoms with Gasteiger partial charge < -0.3 is 14.5 Å². The molecular weight excluding hydrogens is 340 g/mol. The molecule has 3 aromatic rings. The van der Waals surface area contributed by atoms with E-state index in [0.717, 1.165) is 5.69 Å². The molecule has 134 valence electrons. The summed E-state index contributed by atoms with van der Waals surface area (Å²) in [6, 6.07) is 10.7. The average molecular weight is 356 g/mol. The molecule has 9 nitrogen and oxygen atoms in total. The maximum atomic E-state index is 12.1. The number of nitro groups is 1. The lowest BCUT2D eigenvalue weighted by Crippen LogP contribution is -2.23. The number of aryl methyl sites for hydroxylation is 1. The Kier molecular flexibility index (Phi) is 4.97. The Morgan fingerprint density at radius 3 is 2.69 bits per heavy atom. The molecule has 2 aromatic heterocycles. The molecule has 1 aromatic carbocycles. The number of ether oxygens (including phenoxy) is 1. The second-order valence-electron chi connectivity index (χ2n) is 5.43. The number of hydrogen-bond donors (Lipinski definition) is 1. The quantitative estimate of drug-likeness (QED) is 0.514. The molecule has 0 saturated heterocycles. The van der Waals surface area contributed by atoms with Crippen LogP contribution in [0.1, 0.15) is 22.0 Å². The Hall–Kier alpha value is -3.62. The predicted octanol–water partition coefficient (Wildman–Crippen LogP) is 2.43. The summed E-state index contributed by atoms with van der Waals surface area (Å²) >= 11 is 0. The second-order valence-corrected chi connectivity index (χ2v) is 5.43. The van der Waals surface area contributed by atoms with E-state index < -0.39 is 4.92 Å². The second kappa shape index (κ2) is 7.51. The van der Waals surface area contributed by atoms with Crippen molar-refractivity contribution < 1.29 is 18.9 Å². The largest absolute Gasteiger partial charge is 0.486 e. The van der Waals surface area contributed by atoms with Gasteiger partial charge in [-0.05, 0) is 30.3 Å². The van der Waals surface area contributed by atoms with Crippen LogP contribution in [-0.2, 0) is 20.2 Å². The minimum absolute atomic E-state index is 0.0114. The fourth-order valence-corrected chi connectivity index (χ4v) is 2.23. The van der Waals surface area contributed by atoms with Gasteiger partial charge in [0.15, 0.2) is 5.76 Å². The van der Waals surface area contributed by atoms with Gasteiger partial charge in [-0.3, -0.25) is 19.6 Å². The van der Waals surface area contributed by atoms with Crippen LogP contribution in [0.5, 0.6) is 5.75 Å². The zero-order valence-corrected chi connectivity index (χ0v) is 13.9. The first-order valence-corrected chi connectivity index (χ1v) is 7.74. The molecule has 0 fully saturated rings. The number of non-ortho nitro benzene ring substituents is 1. The number of aromatic nitrogens is 2. The maximum absolute atomic E-state index is 12.1. The van der Waals surface area contributed by atoms with Crippen molar-refractivity contribution in [2.75, 3.05) is 0 Å². The number of benzene rings is 1. The lowest BCUT2D eigenvalue weighted by molar-refractivity contribution is -0.384. The minimum atomic E-state index is -0.479. The van der Waals surface area contributed by atoms with Gasteiger partial charge >= 0.3 is 0 Å². The van der Waals surface area contributed by atoms with Crippen LogP contribution in [0, 0.1) is 10.1 Å². The van der Waals surface area contributed by atoms with E-state index in [-0.39, 0.29) is 24.0 Å². The SMILES string of the molecule is Cn1nccc1CNC(=O)c1ccc(COc2ccc([N+](=O)[O-])cc2)o1. The number of nitro benzene ring substituents is 1. The number of carbonyl (C=O) groups excluding carboxylic acids is 1. The first-order valence-electron chi connectivity index (χ1n) is 7.74. The van der Waals surface area contributed by atoms with Gasteiger partial charge in [0.05, 0.1) is 17.2 Å². The molecule has 0 aliphatic rings. The van der Waals surface area contributed by atoms with Gasteiger partial charge in [-0.15, -0.1) is 0 Å². The molecule has 1 amide bonds. The number of carbonyl (C=O) groups is 1. The predicted molar refractivity (Wildman–Crippen MR) is 90.5 cm³/mol. The maximum Gasteiger partial charge on any atom is 0.287 e. The highest BCUT2D eigenvalue weighted by molar-refractivity contribution is 5.91. The number of rotatable bonds is 7. The Morgan fingerprint density at radius 2 is 2.04 bits per heavy atom. The van der Waals surface area contributed by atoms with Crippen molar-refractivity contribution in [1.29, 1.82) is 0 Å². The smallest absolute Gasteiger partial charge is 0.287 e. The van der Waals surface area contributed by atoms with E-state index in [1.807, 2.05) is 6.07 Å². The molecule has 0 bridgehead atoms. The first-order chi connectivity index (χ1) is 12.5. The lowest BCUT2D eigenvalue weighted by Gasteiger charge is -2.04. The molecule has 0 unspecified atom stereocenters. The van der Waals surface area contributed by atoms with Crippen molar-refractivity contribution in [1.82, 2.24) is 15.1 Å². The molecule has 0 saturated carbocycles. The van der Waals surface area contributed by atoms with E-state index in [1.54, 1.807) is 30.1 Å². The summed E-state index contributed by atoms with van der Waals surface area (Å²) in [5.74, 6) is 0.769. The van der Waals surface area contributed by atoms with Crippen LogP contribution in [0.15, 0.2) is 53.1 Å². The Labute approximate surface area is 148 Å². The molecule has 0 aliphatic carbocycles. The summed E-state index contributed by atoms with van der Waals surface area (Å²) < 4.78 is 12.6. The van der Waals surface area contributed by atoms with Crippen LogP contribution in [0.3, 0.4) is 0 Å². The third-order valence-corrected chi connectivity index (χ3v) is 3.67. The van der Waals surface area contributed by atoms with Crippen LogP contribution in [-0.4, -0.2) is 20.6 Å². The summed E-state index contributed by atoms with van der Waals surface area (Å²) in [4.78, 5) is 22.2. The summed E-state index contributed by atoms with van der Waals surface area (Å²) in [6.45, 7) is 0.442.